The van der Waals surface area contributed by atoms with Crippen molar-refractivity contribution in [2.45, 2.75) is 39.3 Å². The van der Waals surface area contributed by atoms with Crippen molar-refractivity contribution in [3.05, 3.63) is 70.2 Å². The van der Waals surface area contributed by atoms with E-state index < -0.39 is 6.04 Å². The number of carbonyl (C=O) groups is 2. The number of amides is 2. The molecule has 4 nitrogen and oxygen atoms in total. The van der Waals surface area contributed by atoms with E-state index in [1.165, 1.54) is 0 Å². The van der Waals surface area contributed by atoms with Crippen LogP contribution in [0.3, 0.4) is 0 Å². The standard InChI is InChI=1S/C21H25ClN2O2/c1-4-19(21(26)23-3)24(14-17-9-11-18(22)12-10-17)20(25)13-16-7-5-15(2)6-8-16/h5-12,19H,4,13-14H2,1-3H3,(H,23,26). The summed E-state index contributed by atoms with van der Waals surface area (Å²) in [5.74, 6) is -0.224. The van der Waals surface area contributed by atoms with Crippen molar-refractivity contribution >= 4 is 23.4 Å². The molecule has 0 aliphatic carbocycles. The molecule has 2 amide bonds. The van der Waals surface area contributed by atoms with Gasteiger partial charge in [0.1, 0.15) is 6.04 Å². The lowest BCUT2D eigenvalue weighted by molar-refractivity contribution is -0.140. The van der Waals surface area contributed by atoms with E-state index in [1.807, 2.05) is 50.2 Å². The molecular weight excluding hydrogens is 348 g/mol. The van der Waals surface area contributed by atoms with E-state index in [4.69, 9.17) is 11.6 Å². The van der Waals surface area contributed by atoms with Crippen LogP contribution in [0.25, 0.3) is 0 Å². The van der Waals surface area contributed by atoms with Crippen molar-refractivity contribution in [3.63, 3.8) is 0 Å². The van der Waals surface area contributed by atoms with Gasteiger partial charge >= 0.3 is 0 Å². The summed E-state index contributed by atoms with van der Waals surface area (Å²) in [5, 5.41) is 3.31. The number of hydrogen-bond donors (Lipinski definition) is 1. The van der Waals surface area contributed by atoms with Crippen molar-refractivity contribution in [1.29, 1.82) is 0 Å². The van der Waals surface area contributed by atoms with Gasteiger partial charge in [0.05, 0.1) is 6.42 Å². The van der Waals surface area contributed by atoms with Crippen LogP contribution in [0.4, 0.5) is 0 Å². The van der Waals surface area contributed by atoms with E-state index in [9.17, 15) is 9.59 Å². The second-order valence-electron chi connectivity index (χ2n) is 6.35. The number of benzene rings is 2. The normalized spacial score (nSPS) is 11.7. The van der Waals surface area contributed by atoms with Crippen LogP contribution in [0.2, 0.25) is 5.02 Å². The molecule has 2 aromatic carbocycles. The number of carbonyl (C=O) groups excluding carboxylic acids is 2. The number of nitrogens with one attached hydrogen (secondary N) is 1. The summed E-state index contributed by atoms with van der Waals surface area (Å²) < 4.78 is 0. The first-order valence-corrected chi connectivity index (χ1v) is 9.13. The van der Waals surface area contributed by atoms with E-state index in [-0.39, 0.29) is 18.2 Å². The van der Waals surface area contributed by atoms with Gasteiger partial charge in [-0.05, 0) is 36.6 Å². The first kappa shape index (κ1) is 20.0. The second kappa shape index (κ2) is 9.39. The molecule has 0 heterocycles. The van der Waals surface area contributed by atoms with Gasteiger partial charge in [0.2, 0.25) is 11.8 Å². The first-order chi connectivity index (χ1) is 12.4. The van der Waals surface area contributed by atoms with E-state index in [2.05, 4.69) is 5.32 Å². The molecule has 2 rings (SSSR count). The number of likely N-dealkylation sites (N-methyl/N-ethyl adjacent to an activating group) is 1. The molecule has 26 heavy (non-hydrogen) atoms. The zero-order valence-corrected chi connectivity index (χ0v) is 16.2. The third-order valence-electron chi connectivity index (χ3n) is 4.37. The van der Waals surface area contributed by atoms with Gasteiger partial charge < -0.3 is 10.2 Å². The Balaban J connectivity index is 2.25. The largest absolute Gasteiger partial charge is 0.357 e. The fourth-order valence-corrected chi connectivity index (χ4v) is 2.98. The number of aryl methyl sites for hydroxylation is 1. The summed E-state index contributed by atoms with van der Waals surface area (Å²) in [6, 6.07) is 14.7. The second-order valence-corrected chi connectivity index (χ2v) is 6.79. The minimum Gasteiger partial charge on any atom is -0.357 e. The van der Waals surface area contributed by atoms with Crippen LogP contribution in [0.15, 0.2) is 48.5 Å². The van der Waals surface area contributed by atoms with Crippen molar-refractivity contribution in [1.82, 2.24) is 10.2 Å². The highest BCUT2D eigenvalue weighted by Crippen LogP contribution is 2.17. The summed E-state index contributed by atoms with van der Waals surface area (Å²) in [4.78, 5) is 27.0. The highest BCUT2D eigenvalue weighted by Gasteiger charge is 2.27. The molecule has 1 unspecified atom stereocenters. The van der Waals surface area contributed by atoms with Gasteiger partial charge in [-0.15, -0.1) is 0 Å². The predicted molar refractivity (Wildman–Crippen MR) is 105 cm³/mol. The van der Waals surface area contributed by atoms with Crippen LogP contribution < -0.4 is 5.32 Å². The third kappa shape index (κ3) is 5.33. The summed E-state index contributed by atoms with van der Waals surface area (Å²) >= 11 is 5.95. The minimum atomic E-state index is -0.506. The van der Waals surface area contributed by atoms with Gasteiger partial charge in [-0.3, -0.25) is 9.59 Å². The Morgan fingerprint density at radius 2 is 1.62 bits per heavy atom. The summed E-state index contributed by atoms with van der Waals surface area (Å²) in [6.07, 6.45) is 0.814. The van der Waals surface area contributed by atoms with Gasteiger partial charge in [0.25, 0.3) is 0 Å². The first-order valence-electron chi connectivity index (χ1n) is 8.75. The van der Waals surface area contributed by atoms with Crippen LogP contribution in [0.1, 0.15) is 30.0 Å². The molecule has 138 valence electrons. The Morgan fingerprint density at radius 3 is 2.15 bits per heavy atom. The third-order valence-corrected chi connectivity index (χ3v) is 4.63. The lowest BCUT2D eigenvalue weighted by atomic mass is 10.1. The molecule has 0 spiro atoms. The van der Waals surface area contributed by atoms with E-state index in [0.29, 0.717) is 18.0 Å². The van der Waals surface area contributed by atoms with Crippen LogP contribution in [-0.4, -0.2) is 29.8 Å². The maximum Gasteiger partial charge on any atom is 0.242 e. The predicted octanol–water partition coefficient (Wildman–Crippen LogP) is 3.74. The highest BCUT2D eigenvalue weighted by atomic mass is 35.5. The summed E-state index contributed by atoms with van der Waals surface area (Å²) in [5.41, 5.74) is 3.03. The molecule has 0 saturated heterocycles. The molecule has 0 saturated carbocycles. The minimum absolute atomic E-state index is 0.0701. The van der Waals surface area contributed by atoms with Crippen LogP contribution >= 0.6 is 11.6 Å². The molecule has 0 aromatic heterocycles. The van der Waals surface area contributed by atoms with Crippen molar-refractivity contribution in [2.75, 3.05) is 7.05 Å². The van der Waals surface area contributed by atoms with E-state index >= 15 is 0 Å². The Bertz CT molecular complexity index is 742. The van der Waals surface area contributed by atoms with Gasteiger partial charge in [-0.1, -0.05) is 60.5 Å². The van der Waals surface area contributed by atoms with Crippen LogP contribution in [0, 0.1) is 6.92 Å². The van der Waals surface area contributed by atoms with Gasteiger partial charge in [-0.25, -0.2) is 0 Å². The average Bonchev–Trinajstić information content (AvgIpc) is 2.64. The molecule has 0 radical (unpaired) electrons. The van der Waals surface area contributed by atoms with E-state index in [1.54, 1.807) is 24.1 Å². The smallest absolute Gasteiger partial charge is 0.242 e. The lowest BCUT2D eigenvalue weighted by Gasteiger charge is -2.30. The molecule has 0 fully saturated rings. The van der Waals surface area contributed by atoms with Crippen molar-refractivity contribution in [3.8, 4) is 0 Å². The van der Waals surface area contributed by atoms with Crippen molar-refractivity contribution < 1.29 is 9.59 Å². The fourth-order valence-electron chi connectivity index (χ4n) is 2.85. The monoisotopic (exact) mass is 372 g/mol. The quantitative estimate of drug-likeness (QED) is 0.804. The fraction of sp³-hybridized carbons (Fsp3) is 0.333. The Labute approximate surface area is 160 Å². The lowest BCUT2D eigenvalue weighted by Crippen LogP contribution is -2.48. The zero-order valence-electron chi connectivity index (χ0n) is 15.5. The molecule has 1 N–H and O–H groups in total. The topological polar surface area (TPSA) is 49.4 Å². The molecule has 0 aliphatic heterocycles. The maximum absolute atomic E-state index is 13.0. The number of hydrogen-bond acceptors (Lipinski definition) is 2. The molecule has 1 atom stereocenters. The molecule has 5 heteroatoms. The SMILES string of the molecule is CCC(C(=O)NC)N(Cc1ccc(Cl)cc1)C(=O)Cc1ccc(C)cc1. The molecular formula is C21H25ClN2O2. The van der Waals surface area contributed by atoms with Gasteiger partial charge in [0, 0.05) is 18.6 Å². The summed E-state index contributed by atoms with van der Waals surface area (Å²) in [6.45, 7) is 4.29. The van der Waals surface area contributed by atoms with Crippen LogP contribution in [0.5, 0.6) is 0 Å². The number of rotatable bonds is 7. The number of halogens is 1. The average molecular weight is 373 g/mol. The highest BCUT2D eigenvalue weighted by molar-refractivity contribution is 6.30. The van der Waals surface area contributed by atoms with Gasteiger partial charge in [-0.2, -0.15) is 0 Å². The Morgan fingerprint density at radius 1 is 1.04 bits per heavy atom. The molecule has 0 bridgehead atoms. The molecule has 0 aliphatic rings. The maximum atomic E-state index is 13.0. The summed E-state index contributed by atoms with van der Waals surface area (Å²) in [7, 11) is 1.59. The Hall–Kier alpha value is -2.33. The van der Waals surface area contributed by atoms with Crippen molar-refractivity contribution in [2.24, 2.45) is 0 Å². The zero-order chi connectivity index (χ0) is 19.1. The Kier molecular flexibility index (Phi) is 7.22. The van der Waals surface area contributed by atoms with Gasteiger partial charge in [0.15, 0.2) is 0 Å². The van der Waals surface area contributed by atoms with E-state index in [0.717, 1.165) is 16.7 Å². The molecule has 2 aromatic rings. The van der Waals surface area contributed by atoms with Crippen LogP contribution in [-0.2, 0) is 22.6 Å². The number of nitrogens with zero attached hydrogens (tertiary/aromatic N) is 1.